The summed E-state index contributed by atoms with van der Waals surface area (Å²) in [7, 11) is 0. The molecule has 0 unspecified atom stereocenters. The van der Waals surface area contributed by atoms with E-state index in [0.29, 0.717) is 51.5 Å². The van der Waals surface area contributed by atoms with Crippen molar-refractivity contribution in [3.63, 3.8) is 0 Å². The van der Waals surface area contributed by atoms with Crippen LogP contribution in [0, 0.1) is 3.57 Å². The highest BCUT2D eigenvalue weighted by molar-refractivity contribution is 14.1. The Labute approximate surface area is 273 Å². The number of benzene rings is 4. The lowest BCUT2D eigenvalue weighted by molar-refractivity contribution is 0.0696. The van der Waals surface area contributed by atoms with Crippen molar-refractivity contribution < 1.29 is 23.8 Å². The standard InChI is InChI=1S/C33H23BrIN3O6/c1-2-42-28-14-20(13-25(35)30(28)43-18-19-6-5-7-21(12-19)33(40)41)17-36-38-31(37-26-9-4-3-8-24(26)32(38)39)29-16-22-15-23(34)10-11-27(22)44-29/h3-17H,2,18H2,1H3,(H,40,41). The van der Waals surface area contributed by atoms with E-state index in [9.17, 15) is 14.7 Å². The van der Waals surface area contributed by atoms with Gasteiger partial charge in [-0.15, -0.1) is 0 Å². The molecule has 11 heteroatoms. The summed E-state index contributed by atoms with van der Waals surface area (Å²) in [4.78, 5) is 29.8. The van der Waals surface area contributed by atoms with Gasteiger partial charge >= 0.3 is 5.97 Å². The van der Waals surface area contributed by atoms with E-state index in [4.69, 9.17) is 18.9 Å². The number of ether oxygens (including phenoxy) is 2. The predicted octanol–water partition coefficient (Wildman–Crippen LogP) is 7.73. The van der Waals surface area contributed by atoms with Gasteiger partial charge in [0.25, 0.3) is 5.56 Å². The SMILES string of the molecule is CCOc1cc(C=Nn2c(-c3cc4cc(Br)ccc4o3)nc3ccccc3c2=O)cc(I)c1OCc1cccc(C(=O)O)c1. The second kappa shape index (κ2) is 12.6. The number of carbonyl (C=O) groups is 1. The Morgan fingerprint density at radius 1 is 1.07 bits per heavy atom. The number of halogens is 2. The lowest BCUT2D eigenvalue weighted by Crippen LogP contribution is -2.20. The van der Waals surface area contributed by atoms with Gasteiger partial charge in [-0.1, -0.05) is 40.2 Å². The molecule has 0 aliphatic heterocycles. The van der Waals surface area contributed by atoms with Crippen LogP contribution in [0.1, 0.15) is 28.4 Å². The highest BCUT2D eigenvalue weighted by atomic mass is 127. The average Bonchev–Trinajstić information content (AvgIpc) is 3.43. The highest BCUT2D eigenvalue weighted by Crippen LogP contribution is 2.35. The molecule has 44 heavy (non-hydrogen) atoms. The zero-order valence-corrected chi connectivity index (χ0v) is 26.9. The fourth-order valence-corrected chi connectivity index (χ4v) is 5.81. The number of hydrogen-bond donors (Lipinski definition) is 1. The molecule has 0 saturated carbocycles. The third-order valence-corrected chi connectivity index (χ3v) is 7.96. The van der Waals surface area contributed by atoms with E-state index >= 15 is 0 Å². The van der Waals surface area contributed by atoms with Crippen molar-refractivity contribution in [2.24, 2.45) is 5.10 Å². The third kappa shape index (κ3) is 6.10. The molecule has 0 aliphatic carbocycles. The lowest BCUT2D eigenvalue weighted by Gasteiger charge is -2.15. The summed E-state index contributed by atoms with van der Waals surface area (Å²) in [5.41, 5.74) is 2.41. The van der Waals surface area contributed by atoms with Crippen LogP contribution in [-0.2, 0) is 6.61 Å². The van der Waals surface area contributed by atoms with Gasteiger partial charge in [0, 0.05) is 9.86 Å². The van der Waals surface area contributed by atoms with Crippen molar-refractivity contribution in [2.45, 2.75) is 13.5 Å². The van der Waals surface area contributed by atoms with Gasteiger partial charge in [0.1, 0.15) is 12.2 Å². The Morgan fingerprint density at radius 2 is 1.91 bits per heavy atom. The normalized spacial score (nSPS) is 11.4. The molecule has 0 aliphatic rings. The number of carboxylic acid groups (broad SMARTS) is 1. The van der Waals surface area contributed by atoms with E-state index in [1.807, 2.05) is 43.3 Å². The van der Waals surface area contributed by atoms with Crippen LogP contribution in [0.25, 0.3) is 33.5 Å². The maximum Gasteiger partial charge on any atom is 0.335 e. The van der Waals surface area contributed by atoms with Crippen LogP contribution in [0.3, 0.4) is 0 Å². The van der Waals surface area contributed by atoms with Crippen LogP contribution in [0.5, 0.6) is 11.5 Å². The predicted molar refractivity (Wildman–Crippen MR) is 180 cm³/mol. The minimum absolute atomic E-state index is 0.153. The Balaban J connectivity index is 1.38. The zero-order valence-electron chi connectivity index (χ0n) is 23.2. The lowest BCUT2D eigenvalue weighted by atomic mass is 10.1. The van der Waals surface area contributed by atoms with Crippen molar-refractivity contribution in [3.05, 3.63) is 120 Å². The maximum absolute atomic E-state index is 13.7. The topological polar surface area (TPSA) is 116 Å². The van der Waals surface area contributed by atoms with Gasteiger partial charge in [-0.05, 0) is 101 Å². The number of rotatable bonds is 9. The molecule has 220 valence electrons. The van der Waals surface area contributed by atoms with Gasteiger partial charge in [-0.2, -0.15) is 9.78 Å². The van der Waals surface area contributed by atoms with Crippen molar-refractivity contribution in [2.75, 3.05) is 6.61 Å². The van der Waals surface area contributed by atoms with Crippen molar-refractivity contribution in [3.8, 4) is 23.1 Å². The molecule has 2 heterocycles. The van der Waals surface area contributed by atoms with E-state index < -0.39 is 5.97 Å². The molecule has 0 fully saturated rings. The summed E-state index contributed by atoms with van der Waals surface area (Å²) in [5.74, 6) is 0.669. The number of aromatic carboxylic acids is 1. The van der Waals surface area contributed by atoms with Crippen LogP contribution in [0.2, 0.25) is 0 Å². The van der Waals surface area contributed by atoms with E-state index in [0.717, 1.165) is 13.4 Å². The van der Waals surface area contributed by atoms with E-state index in [2.05, 4.69) is 43.6 Å². The fourth-order valence-electron chi connectivity index (χ4n) is 4.65. The van der Waals surface area contributed by atoms with E-state index in [1.54, 1.807) is 48.7 Å². The Kier molecular flexibility index (Phi) is 8.49. The molecule has 6 rings (SSSR count). The van der Waals surface area contributed by atoms with Crippen molar-refractivity contribution >= 4 is 72.6 Å². The number of carboxylic acids is 1. The monoisotopic (exact) mass is 763 g/mol. The maximum atomic E-state index is 13.7. The van der Waals surface area contributed by atoms with Gasteiger partial charge in [0.15, 0.2) is 17.3 Å². The summed E-state index contributed by atoms with van der Waals surface area (Å²) in [6.07, 6.45) is 1.56. The van der Waals surface area contributed by atoms with E-state index in [-0.39, 0.29) is 23.6 Å². The van der Waals surface area contributed by atoms with Gasteiger partial charge in [0.05, 0.1) is 32.9 Å². The molecule has 0 radical (unpaired) electrons. The third-order valence-electron chi connectivity index (χ3n) is 6.66. The first-order valence-corrected chi connectivity index (χ1v) is 15.3. The number of nitrogens with zero attached hydrogens (tertiary/aromatic N) is 3. The Morgan fingerprint density at radius 3 is 2.73 bits per heavy atom. The molecule has 0 amide bonds. The molecule has 0 bridgehead atoms. The first kappa shape index (κ1) is 29.6. The van der Waals surface area contributed by atoms with Crippen LogP contribution < -0.4 is 15.0 Å². The molecule has 4 aromatic carbocycles. The minimum atomic E-state index is -1.00. The Bertz CT molecular complexity index is 2140. The number of furan rings is 1. The van der Waals surface area contributed by atoms with Crippen LogP contribution in [0.15, 0.2) is 104 Å². The van der Waals surface area contributed by atoms with E-state index in [1.165, 1.54) is 10.7 Å². The second-order valence-electron chi connectivity index (χ2n) is 9.66. The quantitative estimate of drug-likeness (QED) is 0.118. The summed E-state index contributed by atoms with van der Waals surface area (Å²) >= 11 is 5.64. The molecular formula is C33H23BrIN3O6. The largest absolute Gasteiger partial charge is 0.490 e. The zero-order chi connectivity index (χ0) is 30.8. The number of para-hydroxylation sites is 1. The first-order chi connectivity index (χ1) is 21.3. The smallest absolute Gasteiger partial charge is 0.335 e. The summed E-state index contributed by atoms with van der Waals surface area (Å²) in [6, 6.07) is 24.8. The molecule has 6 aromatic rings. The van der Waals surface area contributed by atoms with Crippen LogP contribution >= 0.6 is 38.5 Å². The Hall–Kier alpha value is -4.49. The molecule has 0 spiro atoms. The fraction of sp³-hybridized carbons (Fsp3) is 0.0909. The summed E-state index contributed by atoms with van der Waals surface area (Å²) in [5, 5.41) is 15.2. The van der Waals surface area contributed by atoms with Crippen molar-refractivity contribution in [1.29, 1.82) is 0 Å². The minimum Gasteiger partial charge on any atom is -0.490 e. The molecule has 0 atom stereocenters. The van der Waals surface area contributed by atoms with Gasteiger partial charge in [0.2, 0.25) is 5.82 Å². The number of aromatic nitrogens is 2. The summed E-state index contributed by atoms with van der Waals surface area (Å²) < 4.78 is 21.0. The van der Waals surface area contributed by atoms with Gasteiger partial charge < -0.3 is 19.0 Å². The number of fused-ring (bicyclic) bond motifs is 2. The van der Waals surface area contributed by atoms with Gasteiger partial charge in [-0.3, -0.25) is 4.79 Å². The summed E-state index contributed by atoms with van der Waals surface area (Å²) in [6.45, 7) is 2.41. The highest BCUT2D eigenvalue weighted by Gasteiger charge is 2.17. The second-order valence-corrected chi connectivity index (χ2v) is 11.7. The van der Waals surface area contributed by atoms with Crippen LogP contribution in [0.4, 0.5) is 0 Å². The molecular weight excluding hydrogens is 741 g/mol. The average molecular weight is 764 g/mol. The number of hydrogen-bond acceptors (Lipinski definition) is 7. The van der Waals surface area contributed by atoms with Crippen LogP contribution in [-0.4, -0.2) is 33.6 Å². The molecule has 9 nitrogen and oxygen atoms in total. The first-order valence-electron chi connectivity index (χ1n) is 13.5. The van der Waals surface area contributed by atoms with Gasteiger partial charge in [-0.25, -0.2) is 9.78 Å². The molecule has 1 N–H and O–H groups in total. The molecule has 2 aromatic heterocycles. The van der Waals surface area contributed by atoms with Crippen molar-refractivity contribution in [1.82, 2.24) is 9.66 Å². The molecule has 0 saturated heterocycles.